The standard InChI is InChI=1S/C21H22N2O5/c1-14(24)22-16-4-2-5-17(13-16)23-21(26)7-3-6-18(25)15-8-9-19-20(12-15)28-11-10-27-19/h2,4-5,8-9,12-13H,3,6-7,10-11H2,1H3,(H,22,24)(H,23,26). The van der Waals surface area contributed by atoms with E-state index in [9.17, 15) is 14.4 Å². The number of ketones is 1. The van der Waals surface area contributed by atoms with Crippen molar-refractivity contribution in [2.45, 2.75) is 26.2 Å². The zero-order chi connectivity index (χ0) is 19.9. The van der Waals surface area contributed by atoms with Crippen LogP contribution in [0.4, 0.5) is 11.4 Å². The number of hydrogen-bond donors (Lipinski definition) is 2. The van der Waals surface area contributed by atoms with Gasteiger partial charge in [0.2, 0.25) is 11.8 Å². The van der Waals surface area contributed by atoms with E-state index >= 15 is 0 Å². The van der Waals surface area contributed by atoms with Crippen LogP contribution in [0.3, 0.4) is 0 Å². The summed E-state index contributed by atoms with van der Waals surface area (Å²) < 4.78 is 10.9. The van der Waals surface area contributed by atoms with Crippen molar-refractivity contribution in [3.63, 3.8) is 0 Å². The Morgan fingerprint density at radius 2 is 1.61 bits per heavy atom. The van der Waals surface area contributed by atoms with Crippen molar-refractivity contribution in [1.29, 1.82) is 0 Å². The van der Waals surface area contributed by atoms with E-state index in [0.717, 1.165) is 0 Å². The van der Waals surface area contributed by atoms with Gasteiger partial charge in [0.15, 0.2) is 17.3 Å². The third kappa shape index (κ3) is 5.33. The highest BCUT2D eigenvalue weighted by Crippen LogP contribution is 2.31. The predicted octanol–water partition coefficient (Wildman–Crippen LogP) is 3.41. The van der Waals surface area contributed by atoms with Gasteiger partial charge < -0.3 is 20.1 Å². The summed E-state index contributed by atoms with van der Waals surface area (Å²) in [6.07, 6.45) is 0.921. The lowest BCUT2D eigenvalue weighted by atomic mass is 10.0. The molecule has 0 spiro atoms. The van der Waals surface area contributed by atoms with Gasteiger partial charge in [-0.2, -0.15) is 0 Å². The second kappa shape index (κ2) is 9.03. The van der Waals surface area contributed by atoms with Crippen molar-refractivity contribution in [3.8, 4) is 11.5 Å². The van der Waals surface area contributed by atoms with E-state index in [0.29, 0.717) is 48.1 Å². The summed E-state index contributed by atoms with van der Waals surface area (Å²) in [5.41, 5.74) is 1.75. The fourth-order valence-corrected chi connectivity index (χ4v) is 2.87. The lowest BCUT2D eigenvalue weighted by Gasteiger charge is -2.18. The molecular weight excluding hydrogens is 360 g/mol. The van der Waals surface area contributed by atoms with E-state index in [1.807, 2.05) is 0 Å². The Labute approximate surface area is 163 Å². The molecule has 0 saturated heterocycles. The van der Waals surface area contributed by atoms with Crippen LogP contribution in [0.25, 0.3) is 0 Å². The van der Waals surface area contributed by atoms with E-state index in [2.05, 4.69) is 10.6 Å². The molecule has 0 radical (unpaired) electrons. The first-order valence-electron chi connectivity index (χ1n) is 9.11. The van der Waals surface area contributed by atoms with E-state index < -0.39 is 0 Å². The maximum atomic E-state index is 12.3. The second-order valence-electron chi connectivity index (χ2n) is 6.45. The molecule has 2 aromatic carbocycles. The molecule has 0 aromatic heterocycles. The van der Waals surface area contributed by atoms with Gasteiger partial charge in [-0.15, -0.1) is 0 Å². The minimum absolute atomic E-state index is 0.0440. The van der Waals surface area contributed by atoms with Crippen LogP contribution in [0.15, 0.2) is 42.5 Å². The summed E-state index contributed by atoms with van der Waals surface area (Å²) in [5, 5.41) is 5.43. The number of carbonyl (C=O) groups excluding carboxylic acids is 3. The fraction of sp³-hybridized carbons (Fsp3) is 0.286. The Hall–Kier alpha value is -3.35. The molecule has 7 nitrogen and oxygen atoms in total. The monoisotopic (exact) mass is 382 g/mol. The Morgan fingerprint density at radius 3 is 2.36 bits per heavy atom. The molecule has 1 aliphatic rings. The van der Waals surface area contributed by atoms with Crippen LogP contribution in [0.1, 0.15) is 36.5 Å². The SMILES string of the molecule is CC(=O)Nc1cccc(NC(=O)CCCC(=O)c2ccc3c(c2)OCCO3)c1. The van der Waals surface area contributed by atoms with Gasteiger partial charge in [-0.3, -0.25) is 14.4 Å². The molecule has 28 heavy (non-hydrogen) atoms. The minimum Gasteiger partial charge on any atom is -0.486 e. The van der Waals surface area contributed by atoms with Gasteiger partial charge in [-0.25, -0.2) is 0 Å². The van der Waals surface area contributed by atoms with E-state index in [4.69, 9.17) is 9.47 Å². The molecule has 1 aliphatic heterocycles. The number of hydrogen-bond acceptors (Lipinski definition) is 5. The number of Topliss-reactive ketones (excluding diaryl/α,β-unsaturated/α-hetero) is 1. The van der Waals surface area contributed by atoms with Crippen molar-refractivity contribution < 1.29 is 23.9 Å². The first-order chi connectivity index (χ1) is 13.5. The Kier molecular flexibility index (Phi) is 6.26. The summed E-state index contributed by atoms with van der Waals surface area (Å²) in [7, 11) is 0. The quantitative estimate of drug-likeness (QED) is 0.716. The third-order valence-corrected chi connectivity index (χ3v) is 4.14. The molecule has 0 saturated carbocycles. The zero-order valence-electron chi connectivity index (χ0n) is 15.6. The lowest BCUT2D eigenvalue weighted by molar-refractivity contribution is -0.116. The molecule has 0 atom stereocenters. The number of nitrogens with one attached hydrogen (secondary N) is 2. The van der Waals surface area contributed by atoms with Crippen LogP contribution < -0.4 is 20.1 Å². The number of fused-ring (bicyclic) bond motifs is 1. The van der Waals surface area contributed by atoms with Gasteiger partial charge in [-0.05, 0) is 42.8 Å². The van der Waals surface area contributed by atoms with E-state index in [1.54, 1.807) is 42.5 Å². The molecule has 2 N–H and O–H groups in total. The van der Waals surface area contributed by atoms with Crippen molar-refractivity contribution in [3.05, 3.63) is 48.0 Å². The zero-order valence-corrected chi connectivity index (χ0v) is 15.6. The van der Waals surface area contributed by atoms with Gasteiger partial charge in [0.25, 0.3) is 0 Å². The minimum atomic E-state index is -0.185. The highest BCUT2D eigenvalue weighted by molar-refractivity contribution is 5.97. The average Bonchev–Trinajstić information content (AvgIpc) is 2.67. The Morgan fingerprint density at radius 1 is 0.893 bits per heavy atom. The number of rotatable bonds is 7. The van der Waals surface area contributed by atoms with Crippen molar-refractivity contribution in [2.24, 2.45) is 0 Å². The number of benzene rings is 2. The summed E-state index contributed by atoms with van der Waals surface area (Å²) in [5.74, 6) is 0.811. The molecule has 2 aromatic rings. The van der Waals surface area contributed by atoms with Gasteiger partial charge in [0, 0.05) is 36.7 Å². The van der Waals surface area contributed by atoms with Crippen LogP contribution >= 0.6 is 0 Å². The molecule has 146 valence electrons. The summed E-state index contributed by atoms with van der Waals surface area (Å²) in [4.78, 5) is 35.6. The lowest BCUT2D eigenvalue weighted by Crippen LogP contribution is -2.16. The normalized spacial score (nSPS) is 12.2. The second-order valence-corrected chi connectivity index (χ2v) is 6.45. The summed E-state index contributed by atoms with van der Waals surface area (Å²) in [6.45, 7) is 2.39. The Bertz CT molecular complexity index is 894. The van der Waals surface area contributed by atoms with E-state index in [1.165, 1.54) is 6.92 Å². The molecule has 2 amide bonds. The largest absolute Gasteiger partial charge is 0.486 e. The van der Waals surface area contributed by atoms with Gasteiger partial charge in [-0.1, -0.05) is 6.07 Å². The van der Waals surface area contributed by atoms with Crippen LogP contribution in [-0.2, 0) is 9.59 Å². The molecule has 0 unspecified atom stereocenters. The molecule has 0 aliphatic carbocycles. The number of amides is 2. The molecule has 0 fully saturated rings. The topological polar surface area (TPSA) is 93.7 Å². The molecule has 1 heterocycles. The molecular formula is C21H22N2O5. The maximum absolute atomic E-state index is 12.3. The van der Waals surface area contributed by atoms with Crippen LogP contribution in [-0.4, -0.2) is 30.8 Å². The fourth-order valence-electron chi connectivity index (χ4n) is 2.87. The van der Waals surface area contributed by atoms with Crippen LogP contribution in [0.5, 0.6) is 11.5 Å². The Balaban J connectivity index is 1.47. The molecule has 7 heteroatoms. The van der Waals surface area contributed by atoms with E-state index in [-0.39, 0.29) is 30.4 Å². The number of anilines is 2. The summed E-state index contributed by atoms with van der Waals surface area (Å²) in [6, 6.07) is 12.0. The van der Waals surface area contributed by atoms with Crippen molar-refractivity contribution in [1.82, 2.24) is 0 Å². The smallest absolute Gasteiger partial charge is 0.224 e. The van der Waals surface area contributed by atoms with Gasteiger partial charge in [0.05, 0.1) is 0 Å². The number of carbonyl (C=O) groups is 3. The highest BCUT2D eigenvalue weighted by Gasteiger charge is 2.15. The van der Waals surface area contributed by atoms with Crippen LogP contribution in [0.2, 0.25) is 0 Å². The van der Waals surface area contributed by atoms with Crippen molar-refractivity contribution >= 4 is 29.0 Å². The number of ether oxygens (including phenoxy) is 2. The molecule has 0 bridgehead atoms. The van der Waals surface area contributed by atoms with Crippen LogP contribution in [0, 0.1) is 0 Å². The van der Waals surface area contributed by atoms with Gasteiger partial charge >= 0.3 is 0 Å². The maximum Gasteiger partial charge on any atom is 0.224 e. The van der Waals surface area contributed by atoms with Gasteiger partial charge in [0.1, 0.15) is 13.2 Å². The summed E-state index contributed by atoms with van der Waals surface area (Å²) >= 11 is 0. The molecule has 3 rings (SSSR count). The third-order valence-electron chi connectivity index (χ3n) is 4.14. The predicted molar refractivity (Wildman–Crippen MR) is 105 cm³/mol. The average molecular weight is 382 g/mol. The highest BCUT2D eigenvalue weighted by atomic mass is 16.6. The van der Waals surface area contributed by atoms with Crippen molar-refractivity contribution in [2.75, 3.05) is 23.8 Å². The first-order valence-corrected chi connectivity index (χ1v) is 9.11. The first kappa shape index (κ1) is 19.4.